The lowest BCUT2D eigenvalue weighted by molar-refractivity contribution is 0.0517. The quantitative estimate of drug-likeness (QED) is 0.766. The van der Waals surface area contributed by atoms with Crippen molar-refractivity contribution in [2.75, 3.05) is 0 Å². The molecule has 4 nitrogen and oxygen atoms in total. The highest BCUT2D eigenvalue weighted by Gasteiger charge is 2.19. The normalized spacial score (nSPS) is 10.7. The van der Waals surface area contributed by atoms with Crippen molar-refractivity contribution in [3.63, 3.8) is 0 Å². The first kappa shape index (κ1) is 8.92. The summed E-state index contributed by atoms with van der Waals surface area (Å²) < 4.78 is 24.2. The zero-order valence-electron chi connectivity index (χ0n) is 5.67. The maximum atomic E-state index is 12.0. The summed E-state index contributed by atoms with van der Waals surface area (Å²) >= 11 is 5.37. The molecule has 12 heavy (non-hydrogen) atoms. The van der Waals surface area contributed by atoms with Crippen LogP contribution in [-0.4, -0.2) is 15.7 Å². The third-order valence-corrected chi connectivity index (χ3v) is 1.45. The molecular weight excluding hydrogens is 192 g/mol. The molecule has 1 rings (SSSR count). The molecule has 0 fully saturated rings. The highest BCUT2D eigenvalue weighted by molar-refractivity contribution is 6.33. The number of aromatic nitrogens is 2. The maximum absolute atomic E-state index is 12.0. The first-order valence-corrected chi connectivity index (χ1v) is 3.22. The summed E-state index contributed by atoms with van der Waals surface area (Å²) in [6, 6.07) is 0. The number of carbonyl (C=O) groups is 1. The molecule has 1 aromatic rings. The second-order valence-corrected chi connectivity index (χ2v) is 2.33. The van der Waals surface area contributed by atoms with E-state index in [1.54, 1.807) is 0 Å². The Morgan fingerprint density at radius 3 is 2.67 bits per heavy atom. The molecule has 1 amide bonds. The second-order valence-electron chi connectivity index (χ2n) is 1.93. The van der Waals surface area contributed by atoms with Gasteiger partial charge in [0.15, 0.2) is 5.69 Å². The number of hydrogen-bond donors (Lipinski definition) is 1. The largest absolute Gasteiger partial charge is 0.364 e. The number of amides is 1. The van der Waals surface area contributed by atoms with Crippen LogP contribution in [0.25, 0.3) is 0 Å². The Kier molecular flexibility index (Phi) is 2.27. The lowest BCUT2D eigenvalue weighted by Crippen LogP contribution is -2.18. The number of nitrogens with zero attached hydrogens (tertiary/aromatic N) is 2. The maximum Gasteiger partial charge on any atom is 0.333 e. The van der Waals surface area contributed by atoms with E-state index >= 15 is 0 Å². The molecular formula is C5H4ClF2N3O. The van der Waals surface area contributed by atoms with Crippen LogP contribution in [0.3, 0.4) is 0 Å². The summed E-state index contributed by atoms with van der Waals surface area (Å²) in [5.41, 5.74) is 4.30. The molecule has 0 saturated heterocycles. The van der Waals surface area contributed by atoms with Crippen LogP contribution in [0.15, 0.2) is 6.20 Å². The van der Waals surface area contributed by atoms with Crippen LogP contribution in [0.1, 0.15) is 17.0 Å². The Balaban J connectivity index is 3.21. The molecule has 0 unspecified atom stereocenters. The summed E-state index contributed by atoms with van der Waals surface area (Å²) in [6.45, 7) is -2.92. The van der Waals surface area contributed by atoms with Gasteiger partial charge in [0.05, 0.1) is 11.2 Å². The summed E-state index contributed by atoms with van der Waals surface area (Å²) in [5, 5.41) is 2.99. The number of carbonyl (C=O) groups excluding carboxylic acids is 1. The van der Waals surface area contributed by atoms with Gasteiger partial charge in [-0.2, -0.15) is 18.6 Å². The van der Waals surface area contributed by atoms with Crippen LogP contribution in [0.2, 0.25) is 5.02 Å². The Morgan fingerprint density at radius 2 is 2.33 bits per heavy atom. The lowest BCUT2D eigenvalue weighted by Gasteiger charge is -2.01. The molecule has 0 spiro atoms. The number of rotatable bonds is 2. The average molecular weight is 196 g/mol. The number of alkyl halides is 2. The molecule has 1 aromatic heterocycles. The highest BCUT2D eigenvalue weighted by atomic mass is 35.5. The van der Waals surface area contributed by atoms with E-state index in [4.69, 9.17) is 17.3 Å². The topological polar surface area (TPSA) is 60.9 Å². The molecule has 66 valence electrons. The van der Waals surface area contributed by atoms with Crippen LogP contribution < -0.4 is 5.73 Å². The SMILES string of the molecule is NC(=O)c1c(Cl)cnn1C(F)F. The zero-order valence-corrected chi connectivity index (χ0v) is 6.42. The molecule has 0 aliphatic rings. The van der Waals surface area contributed by atoms with Crippen molar-refractivity contribution < 1.29 is 13.6 Å². The fourth-order valence-corrected chi connectivity index (χ4v) is 0.943. The predicted octanol–water partition coefficient (Wildman–Crippen LogP) is 1.03. The standard InChI is InChI=1S/C5H4ClF2N3O/c6-2-1-10-11(5(7)8)3(2)4(9)12/h1,5H,(H2,9,12). The minimum Gasteiger partial charge on any atom is -0.364 e. The molecule has 2 N–H and O–H groups in total. The van der Waals surface area contributed by atoms with E-state index in [1.807, 2.05) is 0 Å². The smallest absolute Gasteiger partial charge is 0.333 e. The first-order valence-electron chi connectivity index (χ1n) is 2.85. The Bertz CT molecular complexity index is 312. The van der Waals surface area contributed by atoms with Gasteiger partial charge in [0.2, 0.25) is 0 Å². The van der Waals surface area contributed by atoms with E-state index in [1.165, 1.54) is 0 Å². The van der Waals surface area contributed by atoms with Crippen LogP contribution in [-0.2, 0) is 0 Å². The van der Waals surface area contributed by atoms with Crippen molar-refractivity contribution in [2.45, 2.75) is 6.55 Å². The van der Waals surface area contributed by atoms with Gasteiger partial charge in [-0.15, -0.1) is 0 Å². The van der Waals surface area contributed by atoms with Crippen molar-refractivity contribution in [2.24, 2.45) is 5.73 Å². The molecule has 0 aliphatic carbocycles. The third-order valence-electron chi connectivity index (χ3n) is 1.17. The van der Waals surface area contributed by atoms with Gasteiger partial charge in [0.1, 0.15) is 0 Å². The van der Waals surface area contributed by atoms with Gasteiger partial charge < -0.3 is 5.73 Å². The summed E-state index contributed by atoms with van der Waals surface area (Å²) in [4.78, 5) is 10.6. The first-order chi connectivity index (χ1) is 5.54. The zero-order chi connectivity index (χ0) is 9.30. The molecule has 0 aliphatic heterocycles. The second kappa shape index (κ2) is 3.06. The summed E-state index contributed by atoms with van der Waals surface area (Å²) in [6.07, 6.45) is 0.938. The highest BCUT2D eigenvalue weighted by Crippen LogP contribution is 2.19. The minimum absolute atomic E-state index is 0.171. The molecule has 7 heteroatoms. The van der Waals surface area contributed by atoms with E-state index in [2.05, 4.69) is 5.10 Å². The van der Waals surface area contributed by atoms with E-state index in [-0.39, 0.29) is 9.70 Å². The molecule has 0 bridgehead atoms. The molecule has 1 heterocycles. The van der Waals surface area contributed by atoms with Gasteiger partial charge >= 0.3 is 6.55 Å². The van der Waals surface area contributed by atoms with E-state index < -0.39 is 18.2 Å². The summed E-state index contributed by atoms with van der Waals surface area (Å²) in [5.74, 6) is -1.03. The van der Waals surface area contributed by atoms with Crippen LogP contribution in [0.4, 0.5) is 8.78 Å². The van der Waals surface area contributed by atoms with E-state index in [0.717, 1.165) is 6.20 Å². The Hall–Kier alpha value is -1.17. The van der Waals surface area contributed by atoms with Gasteiger partial charge in [-0.1, -0.05) is 11.6 Å². The van der Waals surface area contributed by atoms with E-state index in [9.17, 15) is 13.6 Å². The van der Waals surface area contributed by atoms with Gasteiger partial charge in [-0.3, -0.25) is 4.79 Å². The van der Waals surface area contributed by atoms with Gasteiger partial charge in [-0.05, 0) is 0 Å². The lowest BCUT2D eigenvalue weighted by atomic mass is 10.4. The number of primary amides is 1. The van der Waals surface area contributed by atoms with Crippen molar-refractivity contribution >= 4 is 17.5 Å². The molecule has 0 radical (unpaired) electrons. The Morgan fingerprint density at radius 1 is 1.75 bits per heavy atom. The van der Waals surface area contributed by atoms with Gasteiger partial charge in [0.25, 0.3) is 5.91 Å². The predicted molar refractivity (Wildman–Crippen MR) is 37.0 cm³/mol. The fraction of sp³-hybridized carbons (Fsp3) is 0.200. The molecule has 0 saturated carbocycles. The van der Waals surface area contributed by atoms with Crippen LogP contribution in [0.5, 0.6) is 0 Å². The number of halogens is 3. The minimum atomic E-state index is -2.92. The van der Waals surface area contributed by atoms with Crippen molar-refractivity contribution in [3.05, 3.63) is 16.9 Å². The monoisotopic (exact) mass is 195 g/mol. The van der Waals surface area contributed by atoms with Crippen molar-refractivity contribution in [1.82, 2.24) is 9.78 Å². The number of nitrogens with two attached hydrogens (primary N) is 1. The molecule has 0 atom stereocenters. The van der Waals surface area contributed by atoms with Gasteiger partial charge in [0, 0.05) is 0 Å². The van der Waals surface area contributed by atoms with Crippen molar-refractivity contribution in [1.29, 1.82) is 0 Å². The number of hydrogen-bond acceptors (Lipinski definition) is 2. The average Bonchev–Trinajstić information content (AvgIpc) is 2.30. The Labute approximate surface area is 70.9 Å². The third kappa shape index (κ3) is 1.38. The van der Waals surface area contributed by atoms with Crippen LogP contribution >= 0.6 is 11.6 Å². The van der Waals surface area contributed by atoms with E-state index in [0.29, 0.717) is 0 Å². The van der Waals surface area contributed by atoms with Gasteiger partial charge in [-0.25, -0.2) is 0 Å². The van der Waals surface area contributed by atoms with Crippen LogP contribution in [0, 0.1) is 0 Å². The summed E-state index contributed by atoms with van der Waals surface area (Å²) in [7, 11) is 0. The fourth-order valence-electron chi connectivity index (χ4n) is 0.720. The molecule has 0 aromatic carbocycles. The van der Waals surface area contributed by atoms with Crippen molar-refractivity contribution in [3.8, 4) is 0 Å².